The molecular formula is C12H13ClO3. The Balaban J connectivity index is 2.65. The molecular weight excluding hydrogens is 228 g/mol. The fourth-order valence-electron chi connectivity index (χ4n) is 1.96. The molecule has 0 bridgehead atoms. The molecule has 0 aliphatic carbocycles. The molecule has 1 aliphatic rings. The largest absolute Gasteiger partial charge is 0.492 e. The van der Waals surface area contributed by atoms with E-state index in [1.807, 2.05) is 6.92 Å². The van der Waals surface area contributed by atoms with Gasteiger partial charge in [0.1, 0.15) is 6.10 Å². The minimum absolute atomic E-state index is 0.0728. The summed E-state index contributed by atoms with van der Waals surface area (Å²) < 4.78 is 10.9. The molecule has 3 nitrogen and oxygen atoms in total. The van der Waals surface area contributed by atoms with E-state index in [4.69, 9.17) is 21.1 Å². The lowest BCUT2D eigenvalue weighted by Gasteiger charge is -2.12. The third kappa shape index (κ3) is 1.65. The Kier molecular flexibility index (Phi) is 2.80. The van der Waals surface area contributed by atoms with Crippen molar-refractivity contribution in [3.05, 3.63) is 22.2 Å². The molecule has 1 unspecified atom stereocenters. The van der Waals surface area contributed by atoms with Crippen LogP contribution in [0.15, 0.2) is 6.07 Å². The number of ketones is 1. The molecule has 0 amide bonds. The maximum atomic E-state index is 11.5. The topological polar surface area (TPSA) is 35.5 Å². The van der Waals surface area contributed by atoms with E-state index in [0.29, 0.717) is 22.1 Å². The van der Waals surface area contributed by atoms with E-state index in [1.165, 1.54) is 14.0 Å². The van der Waals surface area contributed by atoms with E-state index in [9.17, 15) is 4.79 Å². The molecule has 0 saturated carbocycles. The molecule has 1 atom stereocenters. The second-order valence-corrected chi connectivity index (χ2v) is 4.34. The van der Waals surface area contributed by atoms with Crippen LogP contribution in [0.4, 0.5) is 0 Å². The van der Waals surface area contributed by atoms with Crippen molar-refractivity contribution in [2.75, 3.05) is 7.11 Å². The highest BCUT2D eigenvalue weighted by Crippen LogP contribution is 2.44. The zero-order chi connectivity index (χ0) is 11.9. The average molecular weight is 241 g/mol. The van der Waals surface area contributed by atoms with Gasteiger partial charge in [-0.05, 0) is 19.9 Å². The highest BCUT2D eigenvalue weighted by Gasteiger charge is 2.28. The van der Waals surface area contributed by atoms with Crippen LogP contribution >= 0.6 is 11.6 Å². The standard InChI is InChI=1S/C12H13ClO3/c1-6-4-9-10(13)5-8(7(2)14)11(15-3)12(9)16-6/h5-6H,4H2,1-3H3. The van der Waals surface area contributed by atoms with E-state index in [2.05, 4.69) is 0 Å². The first kappa shape index (κ1) is 11.3. The summed E-state index contributed by atoms with van der Waals surface area (Å²) in [4.78, 5) is 11.5. The number of halogens is 1. The predicted octanol–water partition coefficient (Wildman–Crippen LogP) is 2.87. The number of ether oxygens (including phenoxy) is 2. The number of carbonyl (C=O) groups excluding carboxylic acids is 1. The molecule has 1 heterocycles. The van der Waals surface area contributed by atoms with Gasteiger partial charge in [0.15, 0.2) is 17.3 Å². The molecule has 0 aromatic heterocycles. The van der Waals surface area contributed by atoms with Gasteiger partial charge in [-0.2, -0.15) is 0 Å². The Hall–Kier alpha value is -1.22. The van der Waals surface area contributed by atoms with Gasteiger partial charge in [-0.1, -0.05) is 11.6 Å². The summed E-state index contributed by atoms with van der Waals surface area (Å²) in [7, 11) is 1.53. The smallest absolute Gasteiger partial charge is 0.171 e. The van der Waals surface area contributed by atoms with Crippen LogP contribution in [-0.2, 0) is 6.42 Å². The van der Waals surface area contributed by atoms with Crippen LogP contribution < -0.4 is 9.47 Å². The summed E-state index contributed by atoms with van der Waals surface area (Å²) in [5.74, 6) is 1.04. The van der Waals surface area contributed by atoms with Crippen LogP contribution in [-0.4, -0.2) is 19.0 Å². The van der Waals surface area contributed by atoms with Gasteiger partial charge < -0.3 is 9.47 Å². The predicted molar refractivity (Wildman–Crippen MR) is 61.8 cm³/mol. The Labute approximate surface area is 99.3 Å². The molecule has 0 saturated heterocycles. The van der Waals surface area contributed by atoms with Crippen molar-refractivity contribution in [2.24, 2.45) is 0 Å². The van der Waals surface area contributed by atoms with Crippen molar-refractivity contribution in [1.82, 2.24) is 0 Å². The molecule has 4 heteroatoms. The van der Waals surface area contributed by atoms with Gasteiger partial charge in [-0.15, -0.1) is 0 Å². The zero-order valence-electron chi connectivity index (χ0n) is 9.46. The third-order valence-corrected chi connectivity index (χ3v) is 3.02. The number of methoxy groups -OCH3 is 1. The van der Waals surface area contributed by atoms with E-state index in [0.717, 1.165) is 12.0 Å². The lowest BCUT2D eigenvalue weighted by molar-refractivity contribution is 0.101. The van der Waals surface area contributed by atoms with Crippen molar-refractivity contribution in [1.29, 1.82) is 0 Å². The minimum atomic E-state index is -0.0790. The van der Waals surface area contributed by atoms with Crippen LogP contribution in [0.5, 0.6) is 11.5 Å². The summed E-state index contributed by atoms with van der Waals surface area (Å²) in [6, 6.07) is 1.66. The molecule has 86 valence electrons. The van der Waals surface area contributed by atoms with Crippen molar-refractivity contribution >= 4 is 17.4 Å². The Morgan fingerprint density at radius 2 is 2.31 bits per heavy atom. The normalized spacial score (nSPS) is 17.9. The van der Waals surface area contributed by atoms with Crippen molar-refractivity contribution in [2.45, 2.75) is 26.4 Å². The molecule has 0 N–H and O–H groups in total. The summed E-state index contributed by atoms with van der Waals surface area (Å²) in [6.45, 7) is 3.45. The average Bonchev–Trinajstić information content (AvgIpc) is 2.60. The van der Waals surface area contributed by atoms with Crippen LogP contribution in [0.1, 0.15) is 29.8 Å². The number of fused-ring (bicyclic) bond motifs is 1. The number of Topliss-reactive ketones (excluding diaryl/α,β-unsaturated/α-hetero) is 1. The maximum Gasteiger partial charge on any atom is 0.171 e. The molecule has 0 fully saturated rings. The van der Waals surface area contributed by atoms with Crippen LogP contribution in [0.3, 0.4) is 0 Å². The van der Waals surface area contributed by atoms with Crippen molar-refractivity contribution < 1.29 is 14.3 Å². The number of rotatable bonds is 2. The Morgan fingerprint density at radius 1 is 1.62 bits per heavy atom. The van der Waals surface area contributed by atoms with E-state index in [-0.39, 0.29) is 11.9 Å². The van der Waals surface area contributed by atoms with Crippen LogP contribution in [0.2, 0.25) is 5.02 Å². The van der Waals surface area contributed by atoms with E-state index < -0.39 is 0 Å². The van der Waals surface area contributed by atoms with E-state index in [1.54, 1.807) is 6.07 Å². The highest BCUT2D eigenvalue weighted by molar-refractivity contribution is 6.32. The van der Waals surface area contributed by atoms with Gasteiger partial charge in [0, 0.05) is 17.0 Å². The molecule has 1 aromatic rings. The minimum Gasteiger partial charge on any atom is -0.492 e. The van der Waals surface area contributed by atoms with Gasteiger partial charge in [0.25, 0.3) is 0 Å². The first-order valence-electron chi connectivity index (χ1n) is 5.11. The number of hydrogen-bond acceptors (Lipinski definition) is 3. The van der Waals surface area contributed by atoms with Gasteiger partial charge in [0.05, 0.1) is 12.7 Å². The fraction of sp³-hybridized carbons (Fsp3) is 0.417. The van der Waals surface area contributed by atoms with E-state index >= 15 is 0 Å². The number of benzene rings is 1. The lowest BCUT2D eigenvalue weighted by atomic mass is 10.0. The molecule has 2 rings (SSSR count). The second-order valence-electron chi connectivity index (χ2n) is 3.94. The van der Waals surface area contributed by atoms with Crippen molar-refractivity contribution in [3.63, 3.8) is 0 Å². The van der Waals surface area contributed by atoms with Gasteiger partial charge >= 0.3 is 0 Å². The Bertz CT molecular complexity index is 454. The van der Waals surface area contributed by atoms with Gasteiger partial charge in [0.2, 0.25) is 0 Å². The van der Waals surface area contributed by atoms with Gasteiger partial charge in [-0.25, -0.2) is 0 Å². The fourth-order valence-corrected chi connectivity index (χ4v) is 2.23. The molecule has 0 radical (unpaired) electrons. The molecule has 1 aliphatic heterocycles. The summed E-state index contributed by atoms with van der Waals surface area (Å²) in [6.07, 6.45) is 0.825. The van der Waals surface area contributed by atoms with Crippen molar-refractivity contribution in [3.8, 4) is 11.5 Å². The lowest BCUT2D eigenvalue weighted by Crippen LogP contribution is -2.06. The van der Waals surface area contributed by atoms with Gasteiger partial charge in [-0.3, -0.25) is 4.79 Å². The van der Waals surface area contributed by atoms with Crippen LogP contribution in [0.25, 0.3) is 0 Å². The summed E-state index contributed by atoms with van der Waals surface area (Å²) in [5.41, 5.74) is 1.40. The second kappa shape index (κ2) is 3.98. The summed E-state index contributed by atoms with van der Waals surface area (Å²) >= 11 is 6.13. The molecule has 16 heavy (non-hydrogen) atoms. The maximum absolute atomic E-state index is 11.5. The third-order valence-electron chi connectivity index (χ3n) is 2.68. The first-order chi connectivity index (χ1) is 7.54. The number of hydrogen-bond donors (Lipinski definition) is 0. The SMILES string of the molecule is COc1c(C(C)=O)cc(Cl)c2c1OC(C)C2. The number of carbonyl (C=O) groups is 1. The monoisotopic (exact) mass is 240 g/mol. The summed E-state index contributed by atoms with van der Waals surface area (Å²) in [5, 5.41) is 0.574. The quantitative estimate of drug-likeness (QED) is 0.746. The van der Waals surface area contributed by atoms with Crippen LogP contribution in [0, 0.1) is 0 Å². The Morgan fingerprint density at radius 3 is 2.88 bits per heavy atom. The molecule has 1 aromatic carbocycles. The molecule has 0 spiro atoms. The highest BCUT2D eigenvalue weighted by atomic mass is 35.5. The zero-order valence-corrected chi connectivity index (χ0v) is 10.2. The first-order valence-corrected chi connectivity index (χ1v) is 5.49.